The van der Waals surface area contributed by atoms with Crippen molar-refractivity contribution in [2.45, 2.75) is 18.4 Å². The number of carbonyl (C=O) groups is 1. The maximum Gasteiger partial charge on any atom is 0.279 e. The maximum atomic E-state index is 12.8. The van der Waals surface area contributed by atoms with Gasteiger partial charge in [0.15, 0.2) is 4.80 Å². The molecule has 0 radical (unpaired) electrons. The Kier molecular flexibility index (Phi) is 6.07. The normalized spacial score (nSPS) is 15.8. The number of aryl methyl sites for hydroxylation is 1. The third kappa shape index (κ3) is 4.20. The Hall–Kier alpha value is -2.77. The number of carbonyl (C=O) groups excluding carboxylic acids is 1. The van der Waals surface area contributed by atoms with E-state index in [1.807, 2.05) is 29.7 Å². The largest absolute Gasteiger partial charge is 0.379 e. The first-order valence-electron chi connectivity index (χ1n) is 9.71. The Morgan fingerprint density at radius 1 is 1.19 bits per heavy atom. The molecule has 0 N–H and O–H groups in total. The third-order valence-corrected chi connectivity index (χ3v) is 8.01. The Morgan fingerprint density at radius 2 is 1.90 bits per heavy atom. The number of terminal acetylenes is 1. The molecule has 0 saturated carbocycles. The van der Waals surface area contributed by atoms with Crippen molar-refractivity contribution in [2.24, 2.45) is 4.99 Å². The van der Waals surface area contributed by atoms with Gasteiger partial charge < -0.3 is 9.30 Å². The number of para-hydroxylation sites is 1. The summed E-state index contributed by atoms with van der Waals surface area (Å²) in [4.78, 5) is 17.7. The van der Waals surface area contributed by atoms with E-state index in [1.165, 1.54) is 39.9 Å². The van der Waals surface area contributed by atoms with Crippen LogP contribution in [0.3, 0.4) is 0 Å². The highest BCUT2D eigenvalue weighted by molar-refractivity contribution is 7.89. The van der Waals surface area contributed by atoms with Gasteiger partial charge in [-0.1, -0.05) is 29.4 Å². The highest BCUT2D eigenvalue weighted by atomic mass is 32.2. The molecular weight excluding hydrogens is 434 g/mol. The van der Waals surface area contributed by atoms with Gasteiger partial charge in [-0.15, -0.1) is 6.42 Å². The van der Waals surface area contributed by atoms with E-state index in [1.54, 1.807) is 0 Å². The molecule has 0 unspecified atom stereocenters. The number of nitrogens with zero attached hydrogens (tertiary/aromatic N) is 3. The van der Waals surface area contributed by atoms with Gasteiger partial charge in [0.1, 0.15) is 0 Å². The molecule has 0 spiro atoms. The molecule has 160 valence electrons. The topological polar surface area (TPSA) is 81.0 Å². The number of rotatable bonds is 4. The van der Waals surface area contributed by atoms with Crippen LogP contribution in [0.4, 0.5) is 0 Å². The van der Waals surface area contributed by atoms with E-state index in [0.717, 1.165) is 15.8 Å². The molecule has 2 aromatic carbocycles. The number of benzene rings is 2. The van der Waals surface area contributed by atoms with Crippen LogP contribution < -0.4 is 4.80 Å². The van der Waals surface area contributed by atoms with Crippen molar-refractivity contribution < 1.29 is 17.9 Å². The van der Waals surface area contributed by atoms with Gasteiger partial charge in [-0.05, 0) is 42.8 Å². The molecule has 1 aliphatic rings. The lowest BCUT2D eigenvalue weighted by atomic mass is 10.2. The van der Waals surface area contributed by atoms with Crippen LogP contribution in [0, 0.1) is 19.3 Å². The van der Waals surface area contributed by atoms with Crippen molar-refractivity contribution in [1.29, 1.82) is 0 Å². The fourth-order valence-electron chi connectivity index (χ4n) is 3.49. The summed E-state index contributed by atoms with van der Waals surface area (Å²) >= 11 is 1.39. The summed E-state index contributed by atoms with van der Waals surface area (Å²) in [6, 6.07) is 11.8. The van der Waals surface area contributed by atoms with Crippen LogP contribution in [0.2, 0.25) is 0 Å². The summed E-state index contributed by atoms with van der Waals surface area (Å²) < 4.78 is 34.9. The van der Waals surface area contributed by atoms with Crippen LogP contribution in [0.5, 0.6) is 0 Å². The van der Waals surface area contributed by atoms with E-state index < -0.39 is 15.9 Å². The summed E-state index contributed by atoms with van der Waals surface area (Å²) in [7, 11) is -3.61. The summed E-state index contributed by atoms with van der Waals surface area (Å²) in [5.41, 5.74) is 2.32. The zero-order valence-electron chi connectivity index (χ0n) is 16.9. The Labute approximate surface area is 184 Å². The highest BCUT2D eigenvalue weighted by Gasteiger charge is 2.26. The Bertz CT molecular complexity index is 1340. The van der Waals surface area contributed by atoms with Gasteiger partial charge in [-0.2, -0.15) is 9.30 Å². The lowest BCUT2D eigenvalue weighted by Gasteiger charge is -2.26. The molecule has 0 atom stereocenters. The van der Waals surface area contributed by atoms with Gasteiger partial charge in [0, 0.05) is 18.7 Å². The van der Waals surface area contributed by atoms with E-state index in [-0.39, 0.29) is 4.90 Å². The van der Waals surface area contributed by atoms with E-state index in [9.17, 15) is 13.2 Å². The second-order valence-electron chi connectivity index (χ2n) is 7.05. The number of morpholine rings is 1. The monoisotopic (exact) mass is 455 g/mol. The second-order valence-corrected chi connectivity index (χ2v) is 10.0. The molecule has 3 aromatic rings. The lowest BCUT2D eigenvalue weighted by molar-refractivity contribution is 0.0730. The molecule has 7 nitrogen and oxygen atoms in total. The quantitative estimate of drug-likeness (QED) is 0.566. The highest BCUT2D eigenvalue weighted by Crippen LogP contribution is 2.21. The molecule has 0 bridgehead atoms. The lowest BCUT2D eigenvalue weighted by Crippen LogP contribution is -2.40. The second kappa shape index (κ2) is 8.77. The SMILES string of the molecule is C#CCn1c(=NC(=O)c2ccc(S(=O)(=O)N3CCOCC3)cc2)sc2cccc(C)c21. The van der Waals surface area contributed by atoms with Gasteiger partial charge >= 0.3 is 0 Å². The number of hydrogen-bond acceptors (Lipinski definition) is 5. The first-order chi connectivity index (χ1) is 14.9. The molecule has 1 aliphatic heterocycles. The van der Waals surface area contributed by atoms with E-state index in [4.69, 9.17) is 11.2 Å². The zero-order valence-corrected chi connectivity index (χ0v) is 18.6. The predicted octanol–water partition coefficient (Wildman–Crippen LogP) is 2.41. The van der Waals surface area contributed by atoms with Crippen molar-refractivity contribution >= 4 is 37.5 Å². The minimum absolute atomic E-state index is 0.144. The summed E-state index contributed by atoms with van der Waals surface area (Å²) in [6.07, 6.45) is 5.53. The van der Waals surface area contributed by atoms with Crippen LogP contribution in [0.15, 0.2) is 52.4 Å². The Morgan fingerprint density at radius 3 is 2.58 bits per heavy atom. The molecule has 1 saturated heterocycles. The van der Waals surface area contributed by atoms with Crippen molar-refractivity contribution in [3.8, 4) is 12.3 Å². The fourth-order valence-corrected chi connectivity index (χ4v) is 6.00. The van der Waals surface area contributed by atoms with Crippen LogP contribution >= 0.6 is 11.3 Å². The van der Waals surface area contributed by atoms with Crippen LogP contribution in [0.25, 0.3) is 10.2 Å². The molecule has 4 rings (SSSR count). The number of thiazole rings is 1. The molecule has 1 fully saturated rings. The first kappa shape index (κ1) is 21.5. The number of sulfonamides is 1. The number of hydrogen-bond donors (Lipinski definition) is 0. The first-order valence-corrected chi connectivity index (χ1v) is 12.0. The van der Waals surface area contributed by atoms with Crippen molar-refractivity contribution in [3.05, 3.63) is 58.4 Å². The van der Waals surface area contributed by atoms with Gasteiger partial charge in [-0.25, -0.2) is 8.42 Å². The minimum atomic E-state index is -3.61. The maximum absolute atomic E-state index is 12.8. The van der Waals surface area contributed by atoms with Crippen LogP contribution in [-0.4, -0.2) is 49.5 Å². The zero-order chi connectivity index (χ0) is 22.0. The molecule has 0 aliphatic carbocycles. The van der Waals surface area contributed by atoms with Crippen LogP contribution in [-0.2, 0) is 21.3 Å². The van der Waals surface area contributed by atoms with E-state index in [2.05, 4.69) is 10.9 Å². The van der Waals surface area contributed by atoms with Gasteiger partial charge in [0.2, 0.25) is 10.0 Å². The summed E-state index contributed by atoms with van der Waals surface area (Å²) in [6.45, 7) is 3.68. The predicted molar refractivity (Wildman–Crippen MR) is 119 cm³/mol. The Balaban J connectivity index is 1.67. The smallest absolute Gasteiger partial charge is 0.279 e. The molecule has 1 aromatic heterocycles. The molecular formula is C22H21N3O4S2. The van der Waals surface area contributed by atoms with Gasteiger partial charge in [0.05, 0.1) is 34.9 Å². The minimum Gasteiger partial charge on any atom is -0.379 e. The summed E-state index contributed by atoms with van der Waals surface area (Å²) in [5.74, 6) is 2.16. The average molecular weight is 456 g/mol. The number of ether oxygens (including phenoxy) is 1. The summed E-state index contributed by atoms with van der Waals surface area (Å²) in [5, 5.41) is 0. The average Bonchev–Trinajstić information content (AvgIpc) is 3.13. The third-order valence-electron chi connectivity index (χ3n) is 5.06. The van der Waals surface area contributed by atoms with Gasteiger partial charge in [-0.3, -0.25) is 4.79 Å². The van der Waals surface area contributed by atoms with Gasteiger partial charge in [0.25, 0.3) is 5.91 Å². The number of amides is 1. The molecule has 1 amide bonds. The van der Waals surface area contributed by atoms with Crippen molar-refractivity contribution in [2.75, 3.05) is 26.3 Å². The molecule has 2 heterocycles. The number of aromatic nitrogens is 1. The standard InChI is InChI=1S/C22H21N3O4S2/c1-3-11-25-20-16(2)5-4-6-19(20)30-22(25)23-21(26)17-7-9-18(10-8-17)31(27,28)24-12-14-29-15-13-24/h1,4-10H,11-15H2,2H3. The van der Waals surface area contributed by atoms with Crippen molar-refractivity contribution in [3.63, 3.8) is 0 Å². The fraction of sp³-hybridized carbons (Fsp3) is 0.273. The molecule has 9 heteroatoms. The van der Waals surface area contributed by atoms with Crippen LogP contribution in [0.1, 0.15) is 15.9 Å². The number of fused-ring (bicyclic) bond motifs is 1. The van der Waals surface area contributed by atoms with E-state index in [0.29, 0.717) is 43.2 Å². The van der Waals surface area contributed by atoms with E-state index >= 15 is 0 Å². The molecule has 31 heavy (non-hydrogen) atoms. The van der Waals surface area contributed by atoms with Crippen molar-refractivity contribution in [1.82, 2.24) is 8.87 Å².